The minimum Gasteiger partial charge on any atom is -0.334 e. The van der Waals surface area contributed by atoms with E-state index in [9.17, 15) is 22.8 Å². The molecular formula is C33H30ClF3N6O2. The third-order valence-electron chi connectivity index (χ3n) is 9.16. The topological polar surface area (TPSA) is 77.4 Å². The first-order valence-electron chi connectivity index (χ1n) is 14.9. The lowest BCUT2D eigenvalue weighted by Gasteiger charge is -2.35. The molecule has 12 heteroatoms. The number of nitrogens with zero attached hydrogens (tertiary/aromatic N) is 6. The van der Waals surface area contributed by atoms with Crippen LogP contribution in [0.4, 0.5) is 13.2 Å². The number of halogens is 4. The summed E-state index contributed by atoms with van der Waals surface area (Å²) in [6.45, 7) is 1.82. The highest BCUT2D eigenvalue weighted by Gasteiger charge is 2.37. The van der Waals surface area contributed by atoms with Crippen molar-refractivity contribution in [2.45, 2.75) is 57.8 Å². The fraction of sp³-hybridized carbons (Fsp3) is 0.333. The molecule has 0 spiro atoms. The zero-order valence-corrected chi connectivity index (χ0v) is 25.4. The van der Waals surface area contributed by atoms with Crippen LogP contribution in [0.1, 0.15) is 58.9 Å². The van der Waals surface area contributed by atoms with Crippen molar-refractivity contribution in [1.82, 2.24) is 28.6 Å². The van der Waals surface area contributed by atoms with Gasteiger partial charge in [-0.15, -0.1) is 0 Å². The van der Waals surface area contributed by atoms with Crippen molar-refractivity contribution in [2.75, 3.05) is 0 Å². The zero-order valence-electron chi connectivity index (χ0n) is 24.7. The second kappa shape index (κ2) is 10.9. The summed E-state index contributed by atoms with van der Waals surface area (Å²) in [7, 11) is 1.92. The summed E-state index contributed by atoms with van der Waals surface area (Å²) in [4.78, 5) is 34.0. The standard InChI is InChI=1S/C33H30ClF3N6O2/c1-19-14-25-28(18-41(19)31(44)22-8-11-27(34)26(16-22)33(35,36)37)43-30(23(17-39-43)15-20-4-3-5-20)42(32(25)45)24-9-6-21(7-10-24)29-38-12-13-40(29)2/h6-13,16-17,19-20H,3-5,14-15,18H2,1-2H3. The first kappa shape index (κ1) is 29.3. The number of hydrogen-bond acceptors (Lipinski definition) is 4. The van der Waals surface area contributed by atoms with Gasteiger partial charge in [-0.05, 0) is 68.1 Å². The van der Waals surface area contributed by atoms with Gasteiger partial charge in [-0.1, -0.05) is 30.9 Å². The first-order chi connectivity index (χ1) is 21.5. The van der Waals surface area contributed by atoms with Crippen LogP contribution >= 0.6 is 11.6 Å². The molecule has 232 valence electrons. The molecule has 1 aliphatic carbocycles. The highest BCUT2D eigenvalue weighted by atomic mass is 35.5. The van der Waals surface area contributed by atoms with Crippen molar-refractivity contribution in [3.63, 3.8) is 0 Å². The Morgan fingerprint density at radius 2 is 1.87 bits per heavy atom. The van der Waals surface area contributed by atoms with Crippen LogP contribution in [0.15, 0.2) is 65.8 Å². The third kappa shape index (κ3) is 5.03. The van der Waals surface area contributed by atoms with Gasteiger partial charge in [0.25, 0.3) is 11.5 Å². The molecule has 45 heavy (non-hydrogen) atoms. The van der Waals surface area contributed by atoms with Crippen molar-refractivity contribution in [1.29, 1.82) is 0 Å². The van der Waals surface area contributed by atoms with Crippen LogP contribution in [0.3, 0.4) is 0 Å². The second-order valence-electron chi connectivity index (χ2n) is 12.1. The van der Waals surface area contributed by atoms with Crippen LogP contribution < -0.4 is 5.56 Å². The summed E-state index contributed by atoms with van der Waals surface area (Å²) in [6, 6.07) is 10.4. The molecule has 2 aromatic carbocycles. The van der Waals surface area contributed by atoms with E-state index in [1.54, 1.807) is 28.4 Å². The summed E-state index contributed by atoms with van der Waals surface area (Å²) < 4.78 is 46.1. The van der Waals surface area contributed by atoms with Gasteiger partial charge in [0.05, 0.1) is 34.7 Å². The number of alkyl halides is 3. The van der Waals surface area contributed by atoms with Gasteiger partial charge in [0.1, 0.15) is 11.5 Å². The molecular weight excluding hydrogens is 605 g/mol. The lowest BCUT2D eigenvalue weighted by atomic mass is 9.81. The third-order valence-corrected chi connectivity index (χ3v) is 9.49. The minimum atomic E-state index is -4.70. The van der Waals surface area contributed by atoms with Crippen molar-refractivity contribution in [2.24, 2.45) is 13.0 Å². The van der Waals surface area contributed by atoms with Crippen molar-refractivity contribution >= 4 is 23.2 Å². The zero-order chi connectivity index (χ0) is 31.6. The van der Waals surface area contributed by atoms with Crippen LogP contribution in [0.5, 0.6) is 0 Å². The lowest BCUT2D eigenvalue weighted by Crippen LogP contribution is -2.46. The van der Waals surface area contributed by atoms with E-state index in [0.717, 1.165) is 48.3 Å². The molecule has 4 heterocycles. The Morgan fingerprint density at radius 3 is 2.51 bits per heavy atom. The summed E-state index contributed by atoms with van der Waals surface area (Å²) in [5.41, 5.74) is 2.90. The molecule has 1 unspecified atom stereocenters. The van der Waals surface area contributed by atoms with Crippen molar-refractivity contribution in [3.8, 4) is 17.1 Å². The van der Waals surface area contributed by atoms with E-state index < -0.39 is 28.7 Å². The largest absolute Gasteiger partial charge is 0.417 e. The predicted octanol–water partition coefficient (Wildman–Crippen LogP) is 6.49. The molecule has 3 aromatic heterocycles. The Kier molecular flexibility index (Phi) is 7.11. The quantitative estimate of drug-likeness (QED) is 0.222. The Labute approximate surface area is 261 Å². The van der Waals surface area contributed by atoms with Crippen LogP contribution in [0, 0.1) is 5.92 Å². The van der Waals surface area contributed by atoms with E-state index in [2.05, 4.69) is 4.98 Å². The van der Waals surface area contributed by atoms with Gasteiger partial charge in [0.2, 0.25) is 0 Å². The SMILES string of the molecule is CC1Cc2c(n3ncc(CC4CCC4)c3n(-c3ccc(-c4nccn4C)cc3)c2=O)CN1C(=O)c1ccc(Cl)c(C(F)(F)F)c1. The average molecular weight is 635 g/mol. The maximum absolute atomic E-state index is 14.4. The summed E-state index contributed by atoms with van der Waals surface area (Å²) in [5, 5.41) is 4.26. The van der Waals surface area contributed by atoms with Crippen LogP contribution in [0.25, 0.3) is 22.7 Å². The molecule has 5 aromatic rings. The molecule has 1 atom stereocenters. The number of carbonyl (C=O) groups excluding carboxylic acids is 1. The van der Waals surface area contributed by atoms with E-state index >= 15 is 0 Å². The van der Waals surface area contributed by atoms with Crippen LogP contribution in [-0.4, -0.2) is 40.6 Å². The number of fused-ring (bicyclic) bond motifs is 3. The number of rotatable bonds is 5. The van der Waals surface area contributed by atoms with Crippen LogP contribution in [0.2, 0.25) is 5.02 Å². The van der Waals surface area contributed by atoms with E-state index in [-0.39, 0.29) is 24.1 Å². The molecule has 0 saturated heterocycles. The summed E-state index contributed by atoms with van der Waals surface area (Å²) in [6.07, 6.45) is 5.11. The number of hydrogen-bond donors (Lipinski definition) is 0. The van der Waals surface area contributed by atoms with Crippen molar-refractivity contribution in [3.05, 3.63) is 104 Å². The van der Waals surface area contributed by atoms with Gasteiger partial charge < -0.3 is 9.47 Å². The average Bonchev–Trinajstić information content (AvgIpc) is 3.61. The highest BCUT2D eigenvalue weighted by molar-refractivity contribution is 6.31. The Morgan fingerprint density at radius 1 is 1.11 bits per heavy atom. The number of aryl methyl sites for hydroxylation is 1. The Balaban J connectivity index is 1.33. The summed E-state index contributed by atoms with van der Waals surface area (Å²) in [5.74, 6) is 0.745. The van der Waals surface area contributed by atoms with E-state index in [0.29, 0.717) is 28.5 Å². The maximum Gasteiger partial charge on any atom is 0.417 e. The van der Waals surface area contributed by atoms with Gasteiger partial charge in [-0.3, -0.25) is 14.2 Å². The van der Waals surface area contributed by atoms with Gasteiger partial charge in [-0.2, -0.15) is 18.3 Å². The van der Waals surface area contributed by atoms with Gasteiger partial charge in [0.15, 0.2) is 0 Å². The maximum atomic E-state index is 14.4. The van der Waals surface area contributed by atoms with Gasteiger partial charge >= 0.3 is 6.18 Å². The molecule has 0 radical (unpaired) electrons. The second-order valence-corrected chi connectivity index (χ2v) is 12.5. The molecule has 8 nitrogen and oxygen atoms in total. The summed E-state index contributed by atoms with van der Waals surface area (Å²) >= 11 is 5.81. The van der Waals surface area contributed by atoms with Crippen molar-refractivity contribution < 1.29 is 18.0 Å². The van der Waals surface area contributed by atoms with Gasteiger partial charge in [0, 0.05) is 47.7 Å². The fourth-order valence-corrected chi connectivity index (χ4v) is 6.72. The molecule has 0 N–H and O–H groups in total. The monoisotopic (exact) mass is 634 g/mol. The molecule has 1 fully saturated rings. The predicted molar refractivity (Wildman–Crippen MR) is 164 cm³/mol. The smallest absolute Gasteiger partial charge is 0.334 e. The van der Waals surface area contributed by atoms with E-state index in [1.807, 2.05) is 42.1 Å². The highest BCUT2D eigenvalue weighted by Crippen LogP contribution is 2.36. The van der Waals surface area contributed by atoms with E-state index in [4.69, 9.17) is 16.7 Å². The normalized spacial score (nSPS) is 17.0. The number of imidazole rings is 1. The Hall–Kier alpha value is -4.38. The van der Waals surface area contributed by atoms with E-state index in [1.165, 1.54) is 17.4 Å². The lowest BCUT2D eigenvalue weighted by molar-refractivity contribution is -0.137. The molecule has 0 bridgehead atoms. The number of benzene rings is 2. The molecule has 1 aliphatic heterocycles. The van der Waals surface area contributed by atoms with Gasteiger partial charge in [-0.25, -0.2) is 9.50 Å². The number of aromatic nitrogens is 5. The minimum absolute atomic E-state index is 0.0224. The fourth-order valence-electron chi connectivity index (χ4n) is 6.49. The number of amides is 1. The molecule has 2 aliphatic rings. The Bertz CT molecular complexity index is 2010. The number of carbonyl (C=O) groups is 1. The first-order valence-corrected chi connectivity index (χ1v) is 15.3. The molecule has 1 amide bonds. The van der Waals surface area contributed by atoms with Crippen LogP contribution in [-0.2, 0) is 32.6 Å². The molecule has 7 rings (SSSR count). The molecule has 1 saturated carbocycles.